The van der Waals surface area contributed by atoms with Crippen LogP contribution in [0.1, 0.15) is 174 Å². The molecule has 0 fully saturated rings. The first kappa shape index (κ1) is 45.8. The van der Waals surface area contributed by atoms with Crippen LogP contribution in [-0.2, 0) is 14.3 Å². The van der Waals surface area contributed by atoms with E-state index >= 15 is 0 Å². The number of carbonyl (C=O) groups excluding carboxylic acids is 1. The lowest BCUT2D eigenvalue weighted by molar-refractivity contribution is -0.154. The molecule has 0 rings (SSSR count). The molecule has 1 atom stereocenters. The van der Waals surface area contributed by atoms with Gasteiger partial charge in [-0.3, -0.25) is 4.79 Å². The predicted molar refractivity (Wildman–Crippen MR) is 209 cm³/mol. The monoisotopic (exact) mass is 669 g/mol. The highest BCUT2D eigenvalue weighted by Gasteiger charge is 2.13. The van der Waals surface area contributed by atoms with Gasteiger partial charge in [-0.1, -0.05) is 177 Å². The van der Waals surface area contributed by atoms with E-state index in [1.165, 1.54) is 83.5 Å². The summed E-state index contributed by atoms with van der Waals surface area (Å²) < 4.78 is 11.1. The summed E-state index contributed by atoms with van der Waals surface area (Å²) in [4.78, 5) is 12.1. The second-order valence-corrected chi connectivity index (χ2v) is 13.0. The van der Waals surface area contributed by atoms with Crippen LogP contribution < -0.4 is 0 Å². The number of aliphatic hydroxyl groups excluding tert-OH is 1. The first-order valence-electron chi connectivity index (χ1n) is 20.0. The molecule has 0 amide bonds. The molecule has 0 aliphatic carbocycles. The van der Waals surface area contributed by atoms with Gasteiger partial charge in [0, 0.05) is 13.0 Å². The smallest absolute Gasteiger partial charge is 0.306 e. The van der Waals surface area contributed by atoms with Crippen molar-refractivity contribution in [2.75, 3.05) is 19.8 Å². The van der Waals surface area contributed by atoms with E-state index in [1.54, 1.807) is 0 Å². The molecular weight excluding hydrogens is 592 g/mol. The van der Waals surface area contributed by atoms with Crippen molar-refractivity contribution in [3.05, 3.63) is 72.9 Å². The molecule has 0 radical (unpaired) electrons. The molecular formula is C44H76O4. The zero-order valence-corrected chi connectivity index (χ0v) is 31.5. The van der Waals surface area contributed by atoms with E-state index in [2.05, 4.69) is 86.8 Å². The maximum Gasteiger partial charge on any atom is 0.306 e. The average molecular weight is 669 g/mol. The van der Waals surface area contributed by atoms with Crippen molar-refractivity contribution >= 4 is 5.97 Å². The van der Waals surface area contributed by atoms with Gasteiger partial charge in [-0.05, 0) is 64.2 Å². The zero-order valence-electron chi connectivity index (χ0n) is 31.5. The van der Waals surface area contributed by atoms with Gasteiger partial charge in [0.2, 0.25) is 0 Å². The molecule has 0 aromatic heterocycles. The maximum atomic E-state index is 12.1. The van der Waals surface area contributed by atoms with Crippen molar-refractivity contribution in [1.82, 2.24) is 0 Å². The van der Waals surface area contributed by atoms with E-state index in [0.29, 0.717) is 13.0 Å². The Morgan fingerprint density at radius 1 is 0.521 bits per heavy atom. The van der Waals surface area contributed by atoms with E-state index in [-0.39, 0.29) is 19.2 Å². The molecule has 0 aliphatic rings. The lowest BCUT2D eigenvalue weighted by Gasteiger charge is -2.15. The Balaban J connectivity index is 3.53. The van der Waals surface area contributed by atoms with Gasteiger partial charge in [0.25, 0.3) is 0 Å². The van der Waals surface area contributed by atoms with Crippen LogP contribution in [0.2, 0.25) is 0 Å². The van der Waals surface area contributed by atoms with Crippen LogP contribution in [-0.4, -0.2) is 37.0 Å². The summed E-state index contributed by atoms with van der Waals surface area (Å²) in [5.41, 5.74) is 0. The van der Waals surface area contributed by atoms with Crippen molar-refractivity contribution in [3.63, 3.8) is 0 Å². The average Bonchev–Trinajstić information content (AvgIpc) is 3.09. The molecule has 0 bridgehead atoms. The number of ether oxygens (including phenoxy) is 2. The van der Waals surface area contributed by atoms with Crippen molar-refractivity contribution in [2.45, 2.75) is 180 Å². The Labute approximate surface area is 297 Å². The van der Waals surface area contributed by atoms with Crippen molar-refractivity contribution in [1.29, 1.82) is 0 Å². The fourth-order valence-corrected chi connectivity index (χ4v) is 5.33. The number of allylic oxidation sites excluding steroid dienone is 12. The Kier molecular flexibility index (Phi) is 39.1. The molecule has 0 heterocycles. The molecule has 0 aromatic rings. The summed E-state index contributed by atoms with van der Waals surface area (Å²) in [5, 5.41) is 9.57. The maximum absolute atomic E-state index is 12.1. The topological polar surface area (TPSA) is 55.8 Å². The third-order valence-corrected chi connectivity index (χ3v) is 8.30. The second kappa shape index (κ2) is 41.0. The molecule has 0 aromatic carbocycles. The Morgan fingerprint density at radius 3 is 1.42 bits per heavy atom. The second-order valence-electron chi connectivity index (χ2n) is 13.0. The van der Waals surface area contributed by atoms with Gasteiger partial charge in [0.1, 0.15) is 6.10 Å². The lowest BCUT2D eigenvalue weighted by Crippen LogP contribution is -2.27. The number of hydrogen-bond donors (Lipinski definition) is 1. The molecule has 0 saturated heterocycles. The molecule has 1 N–H and O–H groups in total. The number of esters is 1. The fraction of sp³-hybridized carbons (Fsp3) is 0.705. The van der Waals surface area contributed by atoms with Crippen molar-refractivity contribution in [3.8, 4) is 0 Å². The van der Waals surface area contributed by atoms with Gasteiger partial charge in [-0.25, -0.2) is 0 Å². The highest BCUT2D eigenvalue weighted by atomic mass is 16.6. The molecule has 0 spiro atoms. The minimum atomic E-state index is -0.545. The Morgan fingerprint density at radius 2 is 0.938 bits per heavy atom. The van der Waals surface area contributed by atoms with E-state index < -0.39 is 6.10 Å². The molecule has 1 unspecified atom stereocenters. The molecule has 4 nitrogen and oxygen atoms in total. The number of unbranched alkanes of at least 4 members (excludes halogenated alkanes) is 16. The number of hydrogen-bond acceptors (Lipinski definition) is 4. The normalized spacial score (nSPS) is 13.1. The summed E-state index contributed by atoms with van der Waals surface area (Å²) in [6.07, 6.45) is 55.2. The first-order valence-corrected chi connectivity index (χ1v) is 20.0. The highest BCUT2D eigenvalue weighted by Crippen LogP contribution is 2.13. The molecule has 276 valence electrons. The third kappa shape index (κ3) is 38.3. The standard InChI is InChI=1S/C44H76O4/c1-3-5-7-9-11-13-15-17-18-19-20-21-22-23-24-25-26-27-28-30-32-34-36-38-40-47-42-43(41-45)48-44(46)39-37-35-33-31-29-16-14-12-10-8-6-4-2/h5,7,11,13,17-18,20-21,23-24,26-27,43,45H,3-4,6,8-10,12,14-16,19,22,25,28-42H2,1-2H3/b7-5-,13-11-,18-17-,21-20-,24-23-,27-26-. The van der Waals surface area contributed by atoms with Crippen LogP contribution in [0.25, 0.3) is 0 Å². The van der Waals surface area contributed by atoms with E-state index in [1.807, 2.05) is 0 Å². The summed E-state index contributed by atoms with van der Waals surface area (Å²) in [6.45, 7) is 5.18. The van der Waals surface area contributed by atoms with E-state index in [4.69, 9.17) is 9.47 Å². The summed E-state index contributed by atoms with van der Waals surface area (Å²) >= 11 is 0. The summed E-state index contributed by atoms with van der Waals surface area (Å²) in [7, 11) is 0. The number of carbonyl (C=O) groups is 1. The molecule has 0 saturated carbocycles. The zero-order chi connectivity index (χ0) is 34.9. The van der Waals surface area contributed by atoms with Crippen LogP contribution in [0.4, 0.5) is 0 Å². The van der Waals surface area contributed by atoms with Gasteiger partial charge < -0.3 is 14.6 Å². The van der Waals surface area contributed by atoms with Gasteiger partial charge in [-0.2, -0.15) is 0 Å². The minimum Gasteiger partial charge on any atom is -0.457 e. The van der Waals surface area contributed by atoms with E-state index in [9.17, 15) is 9.90 Å². The van der Waals surface area contributed by atoms with Crippen LogP contribution in [0.15, 0.2) is 72.9 Å². The van der Waals surface area contributed by atoms with Crippen LogP contribution in [0.5, 0.6) is 0 Å². The van der Waals surface area contributed by atoms with Gasteiger partial charge >= 0.3 is 5.97 Å². The number of aliphatic hydroxyl groups is 1. The minimum absolute atomic E-state index is 0.182. The first-order chi connectivity index (χ1) is 23.7. The summed E-state index contributed by atoms with van der Waals surface area (Å²) in [5.74, 6) is -0.211. The lowest BCUT2D eigenvalue weighted by atomic mass is 10.0. The SMILES string of the molecule is CC/C=C\C/C=C\C/C=C\C/C=C\C/C=C\C/C=C\CCCCCCCOCC(CO)OC(=O)CCCCCCCCCCCCCC. The largest absolute Gasteiger partial charge is 0.457 e. The predicted octanol–water partition coefficient (Wildman–Crippen LogP) is 13.0. The molecule has 4 heteroatoms. The van der Waals surface area contributed by atoms with Crippen LogP contribution in [0, 0.1) is 0 Å². The van der Waals surface area contributed by atoms with Gasteiger partial charge in [0.05, 0.1) is 13.2 Å². The van der Waals surface area contributed by atoms with Crippen LogP contribution in [0.3, 0.4) is 0 Å². The van der Waals surface area contributed by atoms with Crippen molar-refractivity contribution < 1.29 is 19.4 Å². The molecule has 0 aliphatic heterocycles. The van der Waals surface area contributed by atoms with Crippen molar-refractivity contribution in [2.24, 2.45) is 0 Å². The Bertz CT molecular complexity index is 835. The van der Waals surface area contributed by atoms with Gasteiger partial charge in [0.15, 0.2) is 0 Å². The fourth-order valence-electron chi connectivity index (χ4n) is 5.33. The highest BCUT2D eigenvalue weighted by molar-refractivity contribution is 5.69. The summed E-state index contributed by atoms with van der Waals surface area (Å²) in [6, 6.07) is 0. The van der Waals surface area contributed by atoms with E-state index in [0.717, 1.165) is 70.6 Å². The third-order valence-electron chi connectivity index (χ3n) is 8.30. The Hall–Kier alpha value is -2.17. The van der Waals surface area contributed by atoms with Crippen LogP contribution >= 0.6 is 0 Å². The molecule has 48 heavy (non-hydrogen) atoms. The number of rotatable bonds is 36. The quantitative estimate of drug-likeness (QED) is 0.0410. The van der Waals surface area contributed by atoms with Gasteiger partial charge in [-0.15, -0.1) is 0 Å².